The van der Waals surface area contributed by atoms with Crippen LogP contribution in [0.5, 0.6) is 0 Å². The molecule has 1 aromatic carbocycles. The maximum atomic E-state index is 10.5. The van der Waals surface area contributed by atoms with Crippen molar-refractivity contribution in [3.63, 3.8) is 0 Å². The van der Waals surface area contributed by atoms with Crippen LogP contribution in [0.3, 0.4) is 0 Å². The van der Waals surface area contributed by atoms with E-state index >= 15 is 0 Å². The van der Waals surface area contributed by atoms with E-state index in [9.17, 15) is 4.79 Å². The van der Waals surface area contributed by atoms with Gasteiger partial charge in [-0.05, 0) is 12.1 Å². The lowest BCUT2D eigenvalue weighted by Crippen LogP contribution is -2.00. The molecule has 0 radical (unpaired) electrons. The molecule has 1 heterocycles. The van der Waals surface area contributed by atoms with Gasteiger partial charge in [0.25, 0.3) is 0 Å². The number of rotatable bonds is 2. The first-order chi connectivity index (χ1) is 7.70. The second-order valence-electron chi connectivity index (χ2n) is 3.16. The van der Waals surface area contributed by atoms with Crippen LogP contribution in [0.1, 0.15) is 10.4 Å². The highest BCUT2D eigenvalue weighted by molar-refractivity contribution is 6.30. The lowest BCUT2D eigenvalue weighted by Gasteiger charge is -2.02. The molecule has 0 unspecified atom stereocenters. The average Bonchev–Trinajstić information content (AvgIpc) is 2.29. The van der Waals surface area contributed by atoms with Gasteiger partial charge < -0.3 is 5.73 Å². The molecular formula is C11H8ClN3O. The van der Waals surface area contributed by atoms with Gasteiger partial charge >= 0.3 is 0 Å². The Kier molecular flexibility index (Phi) is 2.83. The third kappa shape index (κ3) is 2.01. The lowest BCUT2D eigenvalue weighted by atomic mass is 10.2. The van der Waals surface area contributed by atoms with Crippen LogP contribution in [-0.4, -0.2) is 16.3 Å². The Morgan fingerprint density at radius 2 is 2.19 bits per heavy atom. The highest BCUT2D eigenvalue weighted by Crippen LogP contribution is 2.20. The zero-order valence-electron chi connectivity index (χ0n) is 8.22. The van der Waals surface area contributed by atoms with Crippen LogP contribution in [0.25, 0.3) is 11.4 Å². The number of carbonyl (C=O) groups excluding carboxylic acids is 1. The van der Waals surface area contributed by atoms with E-state index in [4.69, 9.17) is 17.3 Å². The number of nitrogens with zero attached hydrogens (tertiary/aromatic N) is 2. The molecule has 0 aliphatic carbocycles. The van der Waals surface area contributed by atoms with Crippen LogP contribution in [0, 0.1) is 0 Å². The Bertz CT molecular complexity index is 543. The molecular weight excluding hydrogens is 226 g/mol. The summed E-state index contributed by atoms with van der Waals surface area (Å²) in [6, 6.07) is 7.11. The number of hydrogen-bond donors (Lipinski definition) is 1. The molecule has 1 aromatic heterocycles. The largest absolute Gasteiger partial charge is 0.383 e. The van der Waals surface area contributed by atoms with Crippen molar-refractivity contribution in [2.45, 2.75) is 0 Å². The van der Waals surface area contributed by atoms with Gasteiger partial charge in [0.05, 0.1) is 5.56 Å². The molecule has 0 bridgehead atoms. The summed E-state index contributed by atoms with van der Waals surface area (Å²) < 4.78 is 0. The minimum Gasteiger partial charge on any atom is -0.383 e. The number of anilines is 1. The van der Waals surface area contributed by atoms with Crippen molar-refractivity contribution < 1.29 is 4.79 Å². The number of nitrogens with two attached hydrogens (primary N) is 1. The molecule has 5 heteroatoms. The molecule has 0 aliphatic rings. The van der Waals surface area contributed by atoms with Gasteiger partial charge in [-0.2, -0.15) is 0 Å². The molecule has 16 heavy (non-hydrogen) atoms. The second kappa shape index (κ2) is 4.28. The first kappa shape index (κ1) is 10.6. The first-order valence-electron chi connectivity index (χ1n) is 4.54. The van der Waals surface area contributed by atoms with Crippen LogP contribution in [-0.2, 0) is 0 Å². The van der Waals surface area contributed by atoms with Crippen molar-refractivity contribution in [1.82, 2.24) is 9.97 Å². The molecule has 2 aromatic rings. The topological polar surface area (TPSA) is 68.9 Å². The third-order valence-electron chi connectivity index (χ3n) is 2.06. The lowest BCUT2D eigenvalue weighted by molar-refractivity contribution is 0.112. The van der Waals surface area contributed by atoms with Crippen molar-refractivity contribution in [1.29, 1.82) is 0 Å². The number of benzene rings is 1. The van der Waals surface area contributed by atoms with Crippen molar-refractivity contribution in [2.24, 2.45) is 0 Å². The minimum absolute atomic E-state index is 0.167. The highest BCUT2D eigenvalue weighted by atomic mass is 35.5. The van der Waals surface area contributed by atoms with Gasteiger partial charge in [0.1, 0.15) is 5.82 Å². The zero-order valence-corrected chi connectivity index (χ0v) is 8.98. The van der Waals surface area contributed by atoms with Gasteiger partial charge in [-0.3, -0.25) is 4.79 Å². The van der Waals surface area contributed by atoms with Crippen molar-refractivity contribution >= 4 is 23.7 Å². The molecule has 4 nitrogen and oxygen atoms in total. The number of carbonyl (C=O) groups is 1. The summed E-state index contributed by atoms with van der Waals surface area (Å²) in [5.41, 5.74) is 6.64. The molecule has 2 rings (SSSR count). The Labute approximate surface area is 97.1 Å². The molecule has 2 N–H and O–H groups in total. The zero-order chi connectivity index (χ0) is 11.5. The molecule has 0 atom stereocenters. The average molecular weight is 234 g/mol. The summed E-state index contributed by atoms with van der Waals surface area (Å²) in [5, 5.41) is 0.596. The first-order valence-corrected chi connectivity index (χ1v) is 4.92. The maximum absolute atomic E-state index is 10.5. The van der Waals surface area contributed by atoms with E-state index in [0.717, 1.165) is 5.56 Å². The normalized spacial score (nSPS) is 10.1. The van der Waals surface area contributed by atoms with Crippen molar-refractivity contribution in [3.05, 3.63) is 41.0 Å². The molecule has 0 aliphatic heterocycles. The monoisotopic (exact) mass is 233 g/mol. The number of nitrogen functional groups attached to an aromatic ring is 1. The van der Waals surface area contributed by atoms with Crippen molar-refractivity contribution in [3.8, 4) is 11.4 Å². The van der Waals surface area contributed by atoms with E-state index in [1.165, 1.54) is 6.20 Å². The van der Waals surface area contributed by atoms with Gasteiger partial charge in [-0.25, -0.2) is 9.97 Å². The summed E-state index contributed by atoms with van der Waals surface area (Å²) >= 11 is 5.85. The van der Waals surface area contributed by atoms with E-state index < -0.39 is 0 Å². The van der Waals surface area contributed by atoms with Crippen LogP contribution in [0.2, 0.25) is 5.02 Å². The van der Waals surface area contributed by atoms with E-state index in [1.807, 2.05) is 6.07 Å². The predicted molar refractivity (Wildman–Crippen MR) is 62.3 cm³/mol. The Morgan fingerprint density at radius 1 is 1.38 bits per heavy atom. The van der Waals surface area contributed by atoms with Crippen LogP contribution in [0.15, 0.2) is 30.5 Å². The molecule has 0 saturated carbocycles. The van der Waals surface area contributed by atoms with E-state index in [1.54, 1.807) is 18.2 Å². The number of halogens is 1. The van der Waals surface area contributed by atoms with Gasteiger partial charge in [0.15, 0.2) is 12.1 Å². The summed E-state index contributed by atoms with van der Waals surface area (Å²) in [6.07, 6.45) is 2.02. The fraction of sp³-hybridized carbons (Fsp3) is 0. The summed E-state index contributed by atoms with van der Waals surface area (Å²) in [6.45, 7) is 0. The van der Waals surface area contributed by atoms with E-state index in [0.29, 0.717) is 17.1 Å². The second-order valence-corrected chi connectivity index (χ2v) is 3.60. The fourth-order valence-corrected chi connectivity index (χ4v) is 1.45. The number of aromatic nitrogens is 2. The predicted octanol–water partition coefficient (Wildman–Crippen LogP) is 2.19. The van der Waals surface area contributed by atoms with E-state index in [-0.39, 0.29) is 11.4 Å². The maximum Gasteiger partial charge on any atom is 0.161 e. The van der Waals surface area contributed by atoms with E-state index in [2.05, 4.69) is 9.97 Å². The molecule has 0 fully saturated rings. The smallest absolute Gasteiger partial charge is 0.161 e. The Morgan fingerprint density at radius 3 is 2.81 bits per heavy atom. The molecule has 0 spiro atoms. The van der Waals surface area contributed by atoms with Crippen LogP contribution < -0.4 is 5.73 Å². The van der Waals surface area contributed by atoms with Crippen LogP contribution >= 0.6 is 11.6 Å². The molecule has 80 valence electrons. The fourth-order valence-electron chi connectivity index (χ4n) is 1.26. The van der Waals surface area contributed by atoms with Gasteiger partial charge in [0, 0.05) is 16.8 Å². The third-order valence-corrected chi connectivity index (χ3v) is 2.29. The van der Waals surface area contributed by atoms with Gasteiger partial charge in [-0.15, -0.1) is 0 Å². The standard InChI is InChI=1S/C11H8ClN3O/c12-9-3-1-2-7(4-9)11-14-5-8(6-16)10(13)15-11/h1-6H,(H2,13,14,15). The Balaban J connectivity index is 2.49. The highest BCUT2D eigenvalue weighted by Gasteiger charge is 2.05. The summed E-state index contributed by atoms with van der Waals surface area (Å²) in [7, 11) is 0. The molecule has 0 amide bonds. The van der Waals surface area contributed by atoms with Crippen LogP contribution in [0.4, 0.5) is 5.82 Å². The quantitative estimate of drug-likeness (QED) is 0.808. The molecule has 0 saturated heterocycles. The summed E-state index contributed by atoms with van der Waals surface area (Å²) in [4.78, 5) is 18.6. The van der Waals surface area contributed by atoms with Gasteiger partial charge in [-0.1, -0.05) is 23.7 Å². The van der Waals surface area contributed by atoms with Gasteiger partial charge in [0.2, 0.25) is 0 Å². The number of aldehydes is 1. The Hall–Kier alpha value is -1.94. The minimum atomic E-state index is 0.167. The SMILES string of the molecule is Nc1nc(-c2cccc(Cl)c2)ncc1C=O. The number of hydrogen-bond acceptors (Lipinski definition) is 4. The van der Waals surface area contributed by atoms with Crippen molar-refractivity contribution in [2.75, 3.05) is 5.73 Å². The summed E-state index contributed by atoms with van der Waals surface area (Å²) in [5.74, 6) is 0.616.